The summed E-state index contributed by atoms with van der Waals surface area (Å²) in [7, 11) is -0.304. The highest BCUT2D eigenvalue weighted by molar-refractivity contribution is 7.89. The molecule has 2 aliphatic rings. The minimum atomic E-state index is -3.33. The number of rotatable bonds is 6. The fraction of sp³-hybridized carbons (Fsp3) is 0.611. The highest BCUT2D eigenvalue weighted by Crippen LogP contribution is 2.21. The van der Waals surface area contributed by atoms with Gasteiger partial charge in [0.15, 0.2) is 0 Å². The Morgan fingerprint density at radius 2 is 1.85 bits per heavy atom. The summed E-state index contributed by atoms with van der Waals surface area (Å²) in [5.41, 5.74) is 1.72. The largest absolute Gasteiger partial charge is 0.379 e. The number of nitrogens with zero attached hydrogens (tertiary/aromatic N) is 2. The third-order valence-corrected chi connectivity index (χ3v) is 7.06. The monoisotopic (exact) mass is 381 g/mol. The minimum Gasteiger partial charge on any atom is -0.379 e. The van der Waals surface area contributed by atoms with Gasteiger partial charge in [-0.2, -0.15) is 0 Å². The fourth-order valence-electron chi connectivity index (χ4n) is 3.39. The Morgan fingerprint density at radius 3 is 2.46 bits per heavy atom. The Kier molecular flexibility index (Phi) is 5.84. The van der Waals surface area contributed by atoms with Crippen molar-refractivity contribution < 1.29 is 17.9 Å². The predicted molar refractivity (Wildman–Crippen MR) is 101 cm³/mol. The maximum atomic E-state index is 12.5. The number of hydrogen-bond donors (Lipinski definition) is 1. The van der Waals surface area contributed by atoms with E-state index in [1.165, 1.54) is 31.2 Å². The van der Waals surface area contributed by atoms with Crippen LogP contribution in [0.4, 0.5) is 5.69 Å². The van der Waals surface area contributed by atoms with Gasteiger partial charge >= 0.3 is 0 Å². The number of hydrogen-bond acceptors (Lipinski definition) is 5. The van der Waals surface area contributed by atoms with Gasteiger partial charge in [0, 0.05) is 44.4 Å². The molecule has 2 fully saturated rings. The average Bonchev–Trinajstić information content (AvgIpc) is 3.27. The van der Waals surface area contributed by atoms with Gasteiger partial charge in [0.25, 0.3) is 5.91 Å². The molecule has 26 heavy (non-hydrogen) atoms. The van der Waals surface area contributed by atoms with Gasteiger partial charge in [-0.1, -0.05) is 0 Å². The lowest BCUT2D eigenvalue weighted by Gasteiger charge is -2.21. The molecular weight excluding hydrogens is 354 g/mol. The summed E-state index contributed by atoms with van der Waals surface area (Å²) in [5, 5.41) is 2.94. The van der Waals surface area contributed by atoms with E-state index >= 15 is 0 Å². The molecule has 2 heterocycles. The number of ether oxygens (including phenoxy) is 1. The van der Waals surface area contributed by atoms with Crippen LogP contribution in [0.3, 0.4) is 0 Å². The molecule has 1 aromatic carbocycles. The van der Waals surface area contributed by atoms with Crippen LogP contribution in [0.15, 0.2) is 24.3 Å². The molecule has 2 aliphatic heterocycles. The lowest BCUT2D eigenvalue weighted by molar-refractivity contribution is 0.0926. The zero-order chi connectivity index (χ0) is 18.7. The molecule has 144 valence electrons. The van der Waals surface area contributed by atoms with Gasteiger partial charge in [-0.3, -0.25) is 4.79 Å². The Morgan fingerprint density at radius 1 is 1.19 bits per heavy atom. The van der Waals surface area contributed by atoms with Crippen LogP contribution >= 0.6 is 0 Å². The minimum absolute atomic E-state index is 0.0289. The summed E-state index contributed by atoms with van der Waals surface area (Å²) in [4.78, 5) is 14.9. The second-order valence-electron chi connectivity index (χ2n) is 7.18. The molecule has 1 amide bonds. The maximum Gasteiger partial charge on any atom is 0.251 e. The molecule has 0 bridgehead atoms. The Hall–Kier alpha value is -1.64. The van der Waals surface area contributed by atoms with E-state index in [1.54, 1.807) is 0 Å². The molecule has 3 rings (SSSR count). The summed E-state index contributed by atoms with van der Waals surface area (Å²) >= 11 is 0. The number of benzene rings is 1. The van der Waals surface area contributed by atoms with Crippen LogP contribution in [0.1, 0.15) is 23.2 Å². The summed E-state index contributed by atoms with van der Waals surface area (Å²) < 4.78 is 30.8. The van der Waals surface area contributed by atoms with Crippen molar-refractivity contribution in [2.45, 2.75) is 18.9 Å². The highest BCUT2D eigenvalue weighted by atomic mass is 32.2. The summed E-state index contributed by atoms with van der Waals surface area (Å²) in [6.07, 6.45) is 2.42. The van der Waals surface area contributed by atoms with Crippen molar-refractivity contribution >= 4 is 21.6 Å². The second-order valence-corrected chi connectivity index (χ2v) is 9.41. The van der Waals surface area contributed by atoms with Crippen molar-refractivity contribution in [3.8, 4) is 0 Å². The van der Waals surface area contributed by atoms with E-state index in [-0.39, 0.29) is 23.6 Å². The zero-order valence-electron chi connectivity index (χ0n) is 15.3. The van der Waals surface area contributed by atoms with Crippen LogP contribution < -0.4 is 10.2 Å². The van der Waals surface area contributed by atoms with E-state index in [4.69, 9.17) is 4.74 Å². The van der Waals surface area contributed by atoms with E-state index < -0.39 is 10.0 Å². The molecule has 7 nitrogen and oxygen atoms in total. The van der Waals surface area contributed by atoms with E-state index in [2.05, 4.69) is 10.2 Å². The van der Waals surface area contributed by atoms with Gasteiger partial charge < -0.3 is 15.0 Å². The number of sulfonamides is 1. The van der Waals surface area contributed by atoms with Crippen molar-refractivity contribution in [1.82, 2.24) is 9.62 Å². The SMILES string of the molecule is CN(C)S(=O)(=O)C[C@@H]1COC[C@H]1NC(=O)c1ccc(N2CCCC2)cc1. The number of carbonyl (C=O) groups is 1. The third-order valence-electron chi connectivity index (χ3n) is 5.10. The Bertz CT molecular complexity index is 727. The number of anilines is 1. The first kappa shape index (κ1) is 19.1. The van der Waals surface area contributed by atoms with Gasteiger partial charge in [-0.15, -0.1) is 0 Å². The van der Waals surface area contributed by atoms with Crippen LogP contribution in [0.25, 0.3) is 0 Å². The summed E-state index contributed by atoms with van der Waals surface area (Å²) in [6, 6.07) is 7.29. The first-order valence-electron chi connectivity index (χ1n) is 9.00. The Balaban J connectivity index is 1.61. The van der Waals surface area contributed by atoms with Gasteiger partial charge in [-0.25, -0.2) is 12.7 Å². The van der Waals surface area contributed by atoms with E-state index in [0.29, 0.717) is 18.8 Å². The molecule has 0 unspecified atom stereocenters. The van der Waals surface area contributed by atoms with Crippen LogP contribution in [0.5, 0.6) is 0 Å². The zero-order valence-corrected chi connectivity index (χ0v) is 16.2. The van der Waals surface area contributed by atoms with Crippen molar-refractivity contribution in [2.24, 2.45) is 5.92 Å². The van der Waals surface area contributed by atoms with E-state index in [9.17, 15) is 13.2 Å². The average molecular weight is 381 g/mol. The van der Waals surface area contributed by atoms with E-state index in [1.807, 2.05) is 24.3 Å². The molecular formula is C18H27N3O4S. The summed E-state index contributed by atoms with van der Waals surface area (Å²) in [6.45, 7) is 2.80. The van der Waals surface area contributed by atoms with Crippen LogP contribution in [0.2, 0.25) is 0 Å². The number of carbonyl (C=O) groups excluding carboxylic acids is 1. The predicted octanol–water partition coefficient (Wildman–Crippen LogP) is 0.923. The van der Waals surface area contributed by atoms with Crippen molar-refractivity contribution in [2.75, 3.05) is 51.1 Å². The molecule has 0 aliphatic carbocycles. The maximum absolute atomic E-state index is 12.5. The molecule has 0 radical (unpaired) electrons. The number of nitrogens with one attached hydrogen (secondary N) is 1. The lowest BCUT2D eigenvalue weighted by atomic mass is 10.1. The normalized spacial score (nSPS) is 23.6. The smallest absolute Gasteiger partial charge is 0.251 e. The first-order chi connectivity index (χ1) is 12.4. The molecule has 0 aromatic heterocycles. The van der Waals surface area contributed by atoms with E-state index in [0.717, 1.165) is 18.8 Å². The van der Waals surface area contributed by atoms with Crippen LogP contribution in [-0.4, -0.2) is 70.8 Å². The van der Waals surface area contributed by atoms with Gasteiger partial charge in [0.2, 0.25) is 10.0 Å². The molecule has 2 atom stereocenters. The quantitative estimate of drug-likeness (QED) is 0.793. The van der Waals surface area contributed by atoms with Crippen molar-refractivity contribution in [3.05, 3.63) is 29.8 Å². The van der Waals surface area contributed by atoms with Crippen molar-refractivity contribution in [1.29, 1.82) is 0 Å². The van der Waals surface area contributed by atoms with Gasteiger partial charge in [-0.05, 0) is 37.1 Å². The molecule has 1 aromatic rings. The highest BCUT2D eigenvalue weighted by Gasteiger charge is 2.34. The Labute approximate surface area is 155 Å². The molecule has 8 heteroatoms. The molecule has 1 N–H and O–H groups in total. The number of amides is 1. The standard InChI is InChI=1S/C18H27N3O4S/c1-20(2)26(23,24)13-15-11-25-12-17(15)19-18(22)14-5-7-16(8-6-14)21-9-3-4-10-21/h5-8,15,17H,3-4,9-13H2,1-2H3,(H,19,22)/t15-,17+/m0/s1. The molecule has 0 saturated carbocycles. The first-order valence-corrected chi connectivity index (χ1v) is 10.6. The van der Waals surface area contributed by atoms with Crippen LogP contribution in [-0.2, 0) is 14.8 Å². The molecule has 2 saturated heterocycles. The van der Waals surface area contributed by atoms with Crippen molar-refractivity contribution in [3.63, 3.8) is 0 Å². The molecule has 0 spiro atoms. The third kappa shape index (κ3) is 4.36. The summed E-state index contributed by atoms with van der Waals surface area (Å²) in [5.74, 6) is -0.463. The van der Waals surface area contributed by atoms with Gasteiger partial charge in [0.1, 0.15) is 0 Å². The van der Waals surface area contributed by atoms with Gasteiger partial charge in [0.05, 0.1) is 25.0 Å². The van der Waals surface area contributed by atoms with Crippen LogP contribution in [0, 0.1) is 5.92 Å². The lowest BCUT2D eigenvalue weighted by Crippen LogP contribution is -2.43. The second kappa shape index (κ2) is 7.94. The topological polar surface area (TPSA) is 79.0 Å². The fourth-order valence-corrected chi connectivity index (χ4v) is 4.56.